The molecule has 2 N–H and O–H groups in total. The Morgan fingerprint density at radius 1 is 1.26 bits per heavy atom. The van der Waals surface area contributed by atoms with Crippen molar-refractivity contribution in [3.8, 4) is 0 Å². The summed E-state index contributed by atoms with van der Waals surface area (Å²) in [5.74, 6) is 0.292. The molecule has 3 aliphatic heterocycles. The van der Waals surface area contributed by atoms with Gasteiger partial charge in [-0.05, 0) is 60.4 Å². The molecule has 9 heteroatoms. The molecule has 38 heavy (non-hydrogen) atoms. The zero-order chi connectivity index (χ0) is 26.5. The molecule has 0 aliphatic carbocycles. The third-order valence-electron chi connectivity index (χ3n) is 8.49. The van der Waals surface area contributed by atoms with E-state index in [1.807, 2.05) is 23.7 Å². The van der Waals surface area contributed by atoms with Gasteiger partial charge in [0.25, 0.3) is 0 Å². The van der Waals surface area contributed by atoms with Gasteiger partial charge in [0.15, 0.2) is 0 Å². The summed E-state index contributed by atoms with van der Waals surface area (Å²) in [4.78, 5) is 19.0. The summed E-state index contributed by atoms with van der Waals surface area (Å²) >= 11 is 14.0. The fraction of sp³-hybridized carbons (Fsp3) is 0.310. The van der Waals surface area contributed by atoms with Crippen molar-refractivity contribution in [1.29, 1.82) is 0 Å². The van der Waals surface area contributed by atoms with E-state index in [1.165, 1.54) is 5.56 Å². The molecule has 2 amide bonds. The van der Waals surface area contributed by atoms with Gasteiger partial charge in [-0.25, -0.2) is 14.4 Å². The van der Waals surface area contributed by atoms with E-state index in [1.54, 1.807) is 16.2 Å². The average molecular weight is 568 g/mol. The number of hydrogen-bond acceptors (Lipinski definition) is 4. The number of aromatic nitrogens is 1. The van der Waals surface area contributed by atoms with Crippen LogP contribution in [0.2, 0.25) is 10.0 Å². The first-order valence-electron chi connectivity index (χ1n) is 12.8. The maximum absolute atomic E-state index is 12.5. The monoisotopic (exact) mass is 566 g/mol. The Morgan fingerprint density at radius 2 is 2.13 bits per heavy atom. The van der Waals surface area contributed by atoms with Crippen LogP contribution in [0, 0.1) is 5.92 Å². The van der Waals surface area contributed by atoms with Gasteiger partial charge >= 0.3 is 6.03 Å². The normalized spacial score (nSPS) is 27.1. The maximum Gasteiger partial charge on any atom is 0.319 e. The lowest BCUT2D eigenvalue weighted by Crippen LogP contribution is -2.64. The van der Waals surface area contributed by atoms with Crippen LogP contribution in [0.4, 0.5) is 10.5 Å². The largest absolute Gasteiger partial charge is 0.351 e. The number of primary amides is 1. The van der Waals surface area contributed by atoms with Gasteiger partial charge in [-0.2, -0.15) is 0 Å². The van der Waals surface area contributed by atoms with Gasteiger partial charge in [0, 0.05) is 24.1 Å². The van der Waals surface area contributed by atoms with E-state index in [2.05, 4.69) is 60.6 Å². The van der Waals surface area contributed by atoms with Gasteiger partial charge in [-0.3, -0.25) is 4.90 Å². The summed E-state index contributed by atoms with van der Waals surface area (Å²) in [6, 6.07) is 9.42. The standard InChI is InChI=1S/C29H29Cl2N5OS/c1-20-17-34(36(13-3-2-4-14-36)15-5-6-21-7-8-22(30)23(31)16-21)12-11-29(20)18-35(28(32)37)24-9-10-25-27(26(24)29)33-19-38-25/h2-10,13,16,19-20H,11-12,14-15,17-18H2,1H3,(H-,32,37)/p+1/b6-5+. The number of halogens is 2. The molecule has 6 rings (SSSR count). The molecular weight excluding hydrogens is 537 g/mol. The van der Waals surface area contributed by atoms with Crippen molar-refractivity contribution in [2.75, 3.05) is 37.6 Å². The lowest BCUT2D eigenvalue weighted by atomic mass is 9.67. The minimum absolute atomic E-state index is 0.177. The van der Waals surface area contributed by atoms with Crippen LogP contribution in [-0.2, 0) is 5.41 Å². The van der Waals surface area contributed by atoms with Gasteiger partial charge < -0.3 is 5.73 Å². The Labute approximate surface area is 236 Å². The summed E-state index contributed by atoms with van der Waals surface area (Å²) in [6.45, 7) is 6.43. The van der Waals surface area contributed by atoms with E-state index in [0.29, 0.717) is 22.5 Å². The highest BCUT2D eigenvalue weighted by Crippen LogP contribution is 2.53. The summed E-state index contributed by atoms with van der Waals surface area (Å²) in [5, 5.41) is 3.69. The molecule has 0 saturated carbocycles. The molecule has 3 aromatic rings. The zero-order valence-corrected chi connectivity index (χ0v) is 23.5. The predicted octanol–water partition coefficient (Wildman–Crippen LogP) is 6.61. The fourth-order valence-electron chi connectivity index (χ4n) is 6.45. The van der Waals surface area contributed by atoms with Crippen LogP contribution in [0.5, 0.6) is 0 Å². The SMILES string of the molecule is CC1CN([N+]2(C/C=C/c3ccc(Cl)c(Cl)c3)C=CC=CC2)CCC12CN(C(N)=O)c1ccc3scnc3c12. The second-order valence-corrected chi connectivity index (χ2v) is 12.2. The number of nitrogens with two attached hydrogens (primary N) is 1. The van der Waals surface area contributed by atoms with Crippen molar-refractivity contribution >= 4 is 62.5 Å². The van der Waals surface area contributed by atoms with Crippen molar-refractivity contribution in [2.24, 2.45) is 11.7 Å². The molecule has 1 saturated heterocycles. The number of benzene rings is 2. The number of anilines is 1. The van der Waals surface area contributed by atoms with Crippen LogP contribution < -0.4 is 10.6 Å². The number of allylic oxidation sites excluding steroid dienone is 2. The van der Waals surface area contributed by atoms with E-state index in [4.69, 9.17) is 33.9 Å². The number of carbonyl (C=O) groups is 1. The Balaban J connectivity index is 1.29. The molecule has 0 radical (unpaired) electrons. The Kier molecular flexibility index (Phi) is 6.61. The topological polar surface area (TPSA) is 62.5 Å². The summed E-state index contributed by atoms with van der Waals surface area (Å²) in [6.07, 6.45) is 14.0. The number of carbonyl (C=O) groups excluding carboxylic acids is 1. The number of rotatable bonds is 4. The third-order valence-corrected chi connectivity index (χ3v) is 10.0. The van der Waals surface area contributed by atoms with E-state index >= 15 is 0 Å². The molecule has 1 fully saturated rings. The van der Waals surface area contributed by atoms with E-state index < -0.39 is 6.03 Å². The Bertz CT molecular complexity index is 1500. The van der Waals surface area contributed by atoms with Gasteiger partial charge in [0.2, 0.25) is 0 Å². The number of amides is 2. The molecular formula is C29H30Cl2N5OS+. The molecule has 1 aromatic heterocycles. The first kappa shape index (κ1) is 25.6. The van der Waals surface area contributed by atoms with Crippen LogP contribution >= 0.6 is 34.5 Å². The van der Waals surface area contributed by atoms with E-state index in [9.17, 15) is 4.79 Å². The lowest BCUT2D eigenvalue weighted by Gasteiger charge is -2.51. The number of thiazole rings is 1. The average Bonchev–Trinajstić information content (AvgIpc) is 3.52. The van der Waals surface area contributed by atoms with Crippen LogP contribution in [0.25, 0.3) is 16.3 Å². The zero-order valence-electron chi connectivity index (χ0n) is 21.2. The smallest absolute Gasteiger partial charge is 0.319 e. The quantitative estimate of drug-likeness (QED) is 0.361. The van der Waals surface area contributed by atoms with Crippen molar-refractivity contribution in [3.63, 3.8) is 0 Å². The minimum Gasteiger partial charge on any atom is -0.351 e. The first-order valence-corrected chi connectivity index (χ1v) is 14.5. The first-order chi connectivity index (χ1) is 18.3. The van der Waals surface area contributed by atoms with Crippen LogP contribution in [-0.4, -0.2) is 53.3 Å². The van der Waals surface area contributed by atoms with Crippen LogP contribution in [0.1, 0.15) is 24.5 Å². The molecule has 3 atom stereocenters. The van der Waals surface area contributed by atoms with Crippen molar-refractivity contribution in [2.45, 2.75) is 18.8 Å². The van der Waals surface area contributed by atoms with E-state index in [-0.39, 0.29) is 5.41 Å². The molecule has 3 unspecified atom stereocenters. The van der Waals surface area contributed by atoms with Gasteiger partial charge in [0.1, 0.15) is 19.3 Å². The molecule has 2 aromatic carbocycles. The van der Waals surface area contributed by atoms with Gasteiger partial charge in [0.05, 0.1) is 38.0 Å². The summed E-state index contributed by atoms with van der Waals surface area (Å²) < 4.78 is 1.88. The number of piperidine rings is 1. The lowest BCUT2D eigenvalue weighted by molar-refractivity contribution is -0.985. The van der Waals surface area contributed by atoms with Gasteiger partial charge in [-0.15, -0.1) is 16.3 Å². The highest BCUT2D eigenvalue weighted by atomic mass is 35.5. The number of urea groups is 1. The molecule has 0 bridgehead atoms. The molecule has 196 valence electrons. The number of hydrogen-bond donors (Lipinski definition) is 1. The fourth-order valence-corrected chi connectivity index (χ4v) is 7.44. The Morgan fingerprint density at radius 3 is 2.87 bits per heavy atom. The number of fused-ring (bicyclic) bond motifs is 4. The highest BCUT2D eigenvalue weighted by Gasteiger charge is 2.54. The predicted molar refractivity (Wildman–Crippen MR) is 157 cm³/mol. The maximum atomic E-state index is 12.5. The molecule has 3 aliphatic rings. The summed E-state index contributed by atoms with van der Waals surface area (Å²) in [7, 11) is 0. The number of quaternary nitrogens is 1. The second-order valence-electron chi connectivity index (χ2n) is 10.5. The van der Waals surface area contributed by atoms with Crippen molar-refractivity contribution in [1.82, 2.24) is 9.99 Å². The van der Waals surface area contributed by atoms with E-state index in [0.717, 1.165) is 58.7 Å². The summed E-state index contributed by atoms with van der Waals surface area (Å²) in [5.41, 5.74) is 11.8. The third kappa shape index (κ3) is 4.17. The molecule has 6 nitrogen and oxygen atoms in total. The van der Waals surface area contributed by atoms with Crippen molar-refractivity contribution < 1.29 is 9.39 Å². The second kappa shape index (κ2) is 9.81. The Hall–Kier alpha value is -2.68. The minimum atomic E-state index is -0.396. The van der Waals surface area contributed by atoms with Crippen LogP contribution in [0.3, 0.4) is 0 Å². The highest BCUT2D eigenvalue weighted by molar-refractivity contribution is 7.16. The van der Waals surface area contributed by atoms with Gasteiger partial charge in [-0.1, -0.05) is 48.3 Å². The number of nitrogens with zero attached hydrogens (tertiary/aromatic N) is 4. The molecule has 4 heterocycles. The molecule has 1 spiro atoms. The van der Waals surface area contributed by atoms with Crippen molar-refractivity contribution in [3.05, 3.63) is 87.5 Å². The van der Waals surface area contributed by atoms with Crippen LogP contribution in [0.15, 0.2) is 66.3 Å².